The standard InChI is InChI=1S/C18H28IO/c1-2-3-4-5-6-7-8-9-10-11-16-20-18-14-12-17(19)13-15-18/h4,12-15H,2-3,5-11,16H2,1H3. The van der Waals surface area contributed by atoms with Crippen molar-refractivity contribution in [2.45, 2.75) is 64.7 Å². The zero-order valence-electron chi connectivity index (χ0n) is 12.7. The highest BCUT2D eigenvalue weighted by molar-refractivity contribution is 14.1. The second-order valence-electron chi connectivity index (χ2n) is 5.29. The molecule has 0 atom stereocenters. The van der Waals surface area contributed by atoms with Gasteiger partial charge >= 0.3 is 0 Å². The third-order valence-electron chi connectivity index (χ3n) is 3.38. The molecule has 1 rings (SSSR count). The molecular formula is C18H28IO. The molecule has 2 heteroatoms. The first-order valence-electron chi connectivity index (χ1n) is 8.03. The van der Waals surface area contributed by atoms with Crippen molar-refractivity contribution in [3.63, 3.8) is 0 Å². The third-order valence-corrected chi connectivity index (χ3v) is 4.10. The van der Waals surface area contributed by atoms with Crippen molar-refractivity contribution < 1.29 is 4.74 Å². The molecule has 0 spiro atoms. The summed E-state index contributed by atoms with van der Waals surface area (Å²) in [5.41, 5.74) is 0. The first-order chi connectivity index (χ1) is 9.83. The van der Waals surface area contributed by atoms with Crippen molar-refractivity contribution in [1.29, 1.82) is 0 Å². The van der Waals surface area contributed by atoms with Gasteiger partial charge in [-0.05, 0) is 59.7 Å². The molecule has 0 unspecified atom stereocenters. The Morgan fingerprint density at radius 1 is 0.900 bits per heavy atom. The van der Waals surface area contributed by atoms with Gasteiger partial charge in [0.2, 0.25) is 0 Å². The van der Waals surface area contributed by atoms with Crippen LogP contribution in [-0.4, -0.2) is 6.61 Å². The minimum absolute atomic E-state index is 0.852. The van der Waals surface area contributed by atoms with E-state index in [9.17, 15) is 0 Å². The molecule has 0 aliphatic carbocycles. The quantitative estimate of drug-likeness (QED) is 0.298. The Morgan fingerprint density at radius 2 is 1.55 bits per heavy atom. The average molecular weight is 387 g/mol. The first-order valence-corrected chi connectivity index (χ1v) is 9.11. The van der Waals surface area contributed by atoms with Crippen LogP contribution >= 0.6 is 22.6 Å². The molecular weight excluding hydrogens is 359 g/mol. The van der Waals surface area contributed by atoms with Crippen LogP contribution in [-0.2, 0) is 0 Å². The lowest BCUT2D eigenvalue weighted by atomic mass is 10.1. The van der Waals surface area contributed by atoms with Gasteiger partial charge in [-0.2, -0.15) is 0 Å². The van der Waals surface area contributed by atoms with Crippen LogP contribution in [0, 0.1) is 9.99 Å². The van der Waals surface area contributed by atoms with Crippen LogP contribution in [0.3, 0.4) is 0 Å². The molecule has 1 aromatic carbocycles. The molecule has 1 aromatic rings. The normalized spacial score (nSPS) is 10.7. The molecule has 113 valence electrons. The van der Waals surface area contributed by atoms with E-state index in [2.05, 4.69) is 60.2 Å². The maximum absolute atomic E-state index is 5.72. The van der Waals surface area contributed by atoms with Crippen LogP contribution in [0.5, 0.6) is 5.75 Å². The van der Waals surface area contributed by atoms with E-state index in [1.165, 1.54) is 61.4 Å². The zero-order chi connectivity index (χ0) is 14.5. The monoisotopic (exact) mass is 387 g/mol. The molecule has 0 amide bonds. The summed E-state index contributed by atoms with van der Waals surface area (Å²) in [7, 11) is 0. The lowest BCUT2D eigenvalue weighted by molar-refractivity contribution is 0.304. The average Bonchev–Trinajstić information content (AvgIpc) is 2.47. The molecule has 0 N–H and O–H groups in total. The number of halogens is 1. The van der Waals surface area contributed by atoms with Crippen LogP contribution in [0.15, 0.2) is 24.3 Å². The highest BCUT2D eigenvalue weighted by Crippen LogP contribution is 2.14. The van der Waals surface area contributed by atoms with Crippen LogP contribution < -0.4 is 4.74 Å². The largest absolute Gasteiger partial charge is 0.494 e. The summed E-state index contributed by atoms with van der Waals surface area (Å²) >= 11 is 2.31. The first kappa shape index (κ1) is 17.8. The predicted molar refractivity (Wildman–Crippen MR) is 96.2 cm³/mol. The predicted octanol–water partition coefficient (Wildman–Crippen LogP) is 6.41. The molecule has 0 aromatic heterocycles. The van der Waals surface area contributed by atoms with Gasteiger partial charge in [-0.15, -0.1) is 0 Å². The van der Waals surface area contributed by atoms with Gasteiger partial charge in [0.15, 0.2) is 0 Å². The maximum atomic E-state index is 5.72. The van der Waals surface area contributed by atoms with Crippen LogP contribution in [0.25, 0.3) is 0 Å². The molecule has 0 saturated heterocycles. The van der Waals surface area contributed by atoms with Gasteiger partial charge in [0, 0.05) is 3.57 Å². The number of hydrogen-bond donors (Lipinski definition) is 0. The number of unbranched alkanes of at least 4 members (excludes halogenated alkanes) is 9. The van der Waals surface area contributed by atoms with Gasteiger partial charge in [0.05, 0.1) is 6.61 Å². The molecule has 0 aliphatic rings. The number of benzene rings is 1. The van der Waals surface area contributed by atoms with E-state index >= 15 is 0 Å². The molecule has 0 aliphatic heterocycles. The summed E-state index contributed by atoms with van der Waals surface area (Å²) in [5, 5.41) is 0. The van der Waals surface area contributed by atoms with E-state index in [-0.39, 0.29) is 0 Å². The van der Waals surface area contributed by atoms with Crippen molar-refractivity contribution in [3.05, 3.63) is 34.3 Å². The summed E-state index contributed by atoms with van der Waals surface area (Å²) in [6.07, 6.45) is 14.3. The van der Waals surface area contributed by atoms with E-state index in [1.807, 2.05) is 0 Å². The van der Waals surface area contributed by atoms with Crippen LogP contribution in [0.4, 0.5) is 0 Å². The van der Waals surface area contributed by atoms with Gasteiger partial charge in [-0.3, -0.25) is 0 Å². The molecule has 0 fully saturated rings. The van der Waals surface area contributed by atoms with Gasteiger partial charge in [-0.25, -0.2) is 0 Å². The van der Waals surface area contributed by atoms with Crippen molar-refractivity contribution in [2.75, 3.05) is 6.61 Å². The molecule has 0 heterocycles. The highest BCUT2D eigenvalue weighted by Gasteiger charge is 1.95. The number of rotatable bonds is 12. The maximum Gasteiger partial charge on any atom is 0.119 e. The second kappa shape index (κ2) is 12.5. The molecule has 1 nitrogen and oxygen atoms in total. The Labute approximate surface area is 138 Å². The fourth-order valence-electron chi connectivity index (χ4n) is 2.17. The van der Waals surface area contributed by atoms with E-state index in [0.717, 1.165) is 12.4 Å². The van der Waals surface area contributed by atoms with Crippen molar-refractivity contribution in [2.24, 2.45) is 0 Å². The van der Waals surface area contributed by atoms with Crippen molar-refractivity contribution in [1.82, 2.24) is 0 Å². The fraction of sp³-hybridized carbons (Fsp3) is 0.611. The van der Waals surface area contributed by atoms with Crippen LogP contribution in [0.1, 0.15) is 64.7 Å². The SMILES string of the molecule is CCC[CH]CCCCCCCCOc1ccc(I)cc1. The van der Waals surface area contributed by atoms with Gasteiger partial charge in [0.25, 0.3) is 0 Å². The van der Waals surface area contributed by atoms with Gasteiger partial charge < -0.3 is 4.74 Å². The summed E-state index contributed by atoms with van der Waals surface area (Å²) < 4.78 is 6.98. The Morgan fingerprint density at radius 3 is 2.25 bits per heavy atom. The van der Waals surface area contributed by atoms with Crippen molar-refractivity contribution >= 4 is 22.6 Å². The Hall–Kier alpha value is -0.250. The lowest BCUT2D eigenvalue weighted by Crippen LogP contribution is -1.97. The van der Waals surface area contributed by atoms with E-state index < -0.39 is 0 Å². The Kier molecular flexibility index (Phi) is 11.1. The lowest BCUT2D eigenvalue weighted by Gasteiger charge is -2.06. The summed E-state index contributed by atoms with van der Waals surface area (Å²) in [6.45, 7) is 3.10. The highest BCUT2D eigenvalue weighted by atomic mass is 127. The van der Waals surface area contributed by atoms with Gasteiger partial charge in [-0.1, -0.05) is 58.3 Å². The molecule has 20 heavy (non-hydrogen) atoms. The summed E-state index contributed by atoms with van der Waals surface area (Å²) in [6, 6.07) is 8.28. The third kappa shape index (κ3) is 9.62. The molecule has 0 saturated carbocycles. The summed E-state index contributed by atoms with van der Waals surface area (Å²) in [5.74, 6) is 0.997. The van der Waals surface area contributed by atoms with E-state index in [4.69, 9.17) is 4.74 Å². The summed E-state index contributed by atoms with van der Waals surface area (Å²) in [4.78, 5) is 0. The molecule has 1 radical (unpaired) electrons. The minimum atomic E-state index is 0.852. The molecule has 0 bridgehead atoms. The second-order valence-corrected chi connectivity index (χ2v) is 6.54. The van der Waals surface area contributed by atoms with Crippen LogP contribution in [0.2, 0.25) is 0 Å². The van der Waals surface area contributed by atoms with E-state index in [0.29, 0.717) is 0 Å². The zero-order valence-corrected chi connectivity index (χ0v) is 14.9. The van der Waals surface area contributed by atoms with E-state index in [1.54, 1.807) is 0 Å². The number of hydrogen-bond acceptors (Lipinski definition) is 1. The van der Waals surface area contributed by atoms with Crippen molar-refractivity contribution in [3.8, 4) is 5.75 Å². The number of ether oxygens (including phenoxy) is 1. The Bertz CT molecular complexity index is 321. The van der Waals surface area contributed by atoms with Gasteiger partial charge in [0.1, 0.15) is 5.75 Å². The topological polar surface area (TPSA) is 9.23 Å². The smallest absolute Gasteiger partial charge is 0.119 e. The fourth-order valence-corrected chi connectivity index (χ4v) is 2.53. The Balaban J connectivity index is 1.84. The minimum Gasteiger partial charge on any atom is -0.494 e.